The first kappa shape index (κ1) is 21.2. The molecule has 0 aliphatic carbocycles. The summed E-state index contributed by atoms with van der Waals surface area (Å²) < 4.78 is 40.0. The molecule has 1 aromatic heterocycles. The molecule has 0 spiro atoms. The van der Waals surface area contributed by atoms with Crippen LogP contribution in [0.2, 0.25) is 0 Å². The van der Waals surface area contributed by atoms with E-state index in [4.69, 9.17) is 0 Å². The van der Waals surface area contributed by atoms with Crippen molar-refractivity contribution in [1.82, 2.24) is 14.2 Å². The SMILES string of the molecule is Cc1ccc(NC(=O)N2CCCC(N(Cc3cccnc3)S(C)(=O)=O)C2)cc1F. The molecule has 2 amide bonds. The smallest absolute Gasteiger partial charge is 0.321 e. The third-order valence-corrected chi connectivity index (χ3v) is 6.28. The van der Waals surface area contributed by atoms with Gasteiger partial charge in [-0.3, -0.25) is 4.98 Å². The fraction of sp³-hybridized carbons (Fsp3) is 0.400. The van der Waals surface area contributed by atoms with Gasteiger partial charge in [-0.05, 0) is 49.1 Å². The van der Waals surface area contributed by atoms with Crippen LogP contribution in [-0.4, -0.2) is 54.0 Å². The van der Waals surface area contributed by atoms with Crippen molar-refractivity contribution in [2.24, 2.45) is 0 Å². The van der Waals surface area contributed by atoms with E-state index in [-0.39, 0.29) is 31.0 Å². The predicted molar refractivity (Wildman–Crippen MR) is 109 cm³/mol. The normalized spacial score (nSPS) is 17.4. The second kappa shape index (κ2) is 8.87. The topological polar surface area (TPSA) is 82.6 Å². The summed E-state index contributed by atoms with van der Waals surface area (Å²) in [6.45, 7) is 2.64. The summed E-state index contributed by atoms with van der Waals surface area (Å²) in [5.74, 6) is -0.390. The van der Waals surface area contributed by atoms with E-state index >= 15 is 0 Å². The van der Waals surface area contributed by atoms with Gasteiger partial charge in [0.05, 0.1) is 6.26 Å². The number of urea groups is 1. The van der Waals surface area contributed by atoms with E-state index in [1.807, 2.05) is 6.07 Å². The first-order valence-electron chi connectivity index (χ1n) is 9.42. The predicted octanol–water partition coefficient (Wildman–Crippen LogP) is 2.99. The Morgan fingerprint density at radius 1 is 1.38 bits per heavy atom. The Kier molecular flexibility index (Phi) is 6.49. The largest absolute Gasteiger partial charge is 0.323 e. The molecule has 1 saturated heterocycles. The van der Waals surface area contributed by atoms with E-state index in [9.17, 15) is 17.6 Å². The number of hydrogen-bond donors (Lipinski definition) is 1. The highest BCUT2D eigenvalue weighted by Crippen LogP contribution is 2.22. The first-order chi connectivity index (χ1) is 13.7. The maximum absolute atomic E-state index is 13.7. The second-order valence-electron chi connectivity index (χ2n) is 7.31. The average molecular weight is 421 g/mol. The lowest BCUT2D eigenvalue weighted by Gasteiger charge is -2.38. The van der Waals surface area contributed by atoms with E-state index in [0.717, 1.165) is 5.56 Å². The number of sulfonamides is 1. The number of hydrogen-bond acceptors (Lipinski definition) is 4. The van der Waals surface area contributed by atoms with Crippen LogP contribution < -0.4 is 5.32 Å². The molecule has 1 aliphatic rings. The zero-order valence-electron chi connectivity index (χ0n) is 16.5. The number of carbonyl (C=O) groups excluding carboxylic acids is 1. The fourth-order valence-electron chi connectivity index (χ4n) is 3.44. The van der Waals surface area contributed by atoms with Gasteiger partial charge in [-0.25, -0.2) is 17.6 Å². The van der Waals surface area contributed by atoms with Gasteiger partial charge in [0.1, 0.15) is 5.82 Å². The molecule has 1 unspecified atom stereocenters. The van der Waals surface area contributed by atoms with E-state index in [1.54, 1.807) is 42.4 Å². The number of rotatable bonds is 5. The van der Waals surface area contributed by atoms with Gasteiger partial charge in [-0.1, -0.05) is 12.1 Å². The van der Waals surface area contributed by atoms with Crippen LogP contribution in [0.3, 0.4) is 0 Å². The number of anilines is 1. The van der Waals surface area contributed by atoms with E-state index in [0.29, 0.717) is 30.6 Å². The van der Waals surface area contributed by atoms with Gasteiger partial charge >= 0.3 is 6.03 Å². The Labute approximate surface area is 170 Å². The minimum absolute atomic E-state index is 0.204. The highest BCUT2D eigenvalue weighted by molar-refractivity contribution is 7.88. The molecule has 1 atom stereocenters. The first-order valence-corrected chi connectivity index (χ1v) is 11.3. The Morgan fingerprint density at radius 2 is 2.17 bits per heavy atom. The van der Waals surface area contributed by atoms with Gasteiger partial charge in [0.25, 0.3) is 0 Å². The van der Waals surface area contributed by atoms with Crippen LogP contribution >= 0.6 is 0 Å². The lowest BCUT2D eigenvalue weighted by Crippen LogP contribution is -2.52. The Bertz CT molecular complexity index is 969. The lowest BCUT2D eigenvalue weighted by atomic mass is 10.1. The number of nitrogens with one attached hydrogen (secondary N) is 1. The summed E-state index contributed by atoms with van der Waals surface area (Å²) >= 11 is 0. The number of amides is 2. The molecule has 29 heavy (non-hydrogen) atoms. The van der Waals surface area contributed by atoms with Crippen LogP contribution in [0.25, 0.3) is 0 Å². The maximum Gasteiger partial charge on any atom is 0.321 e. The summed E-state index contributed by atoms with van der Waals surface area (Å²) in [5, 5.41) is 2.70. The van der Waals surface area contributed by atoms with Crippen molar-refractivity contribution in [3.63, 3.8) is 0 Å². The van der Waals surface area contributed by atoms with Crippen molar-refractivity contribution in [1.29, 1.82) is 0 Å². The third kappa shape index (κ3) is 5.51. The van der Waals surface area contributed by atoms with Crippen molar-refractivity contribution >= 4 is 21.7 Å². The van der Waals surface area contributed by atoms with Gasteiger partial charge in [0, 0.05) is 43.8 Å². The zero-order chi connectivity index (χ0) is 21.0. The molecular weight excluding hydrogens is 395 g/mol. The molecule has 2 aromatic rings. The van der Waals surface area contributed by atoms with Crippen molar-refractivity contribution in [3.8, 4) is 0 Å². The minimum atomic E-state index is -3.48. The monoisotopic (exact) mass is 420 g/mol. The van der Waals surface area contributed by atoms with Crippen LogP contribution in [0.5, 0.6) is 0 Å². The molecule has 1 aliphatic heterocycles. The number of aromatic nitrogens is 1. The molecule has 2 heterocycles. The van der Waals surface area contributed by atoms with E-state index < -0.39 is 10.0 Å². The van der Waals surface area contributed by atoms with Crippen LogP contribution in [-0.2, 0) is 16.6 Å². The number of halogens is 1. The molecule has 0 bridgehead atoms. The minimum Gasteiger partial charge on any atom is -0.323 e. The van der Waals surface area contributed by atoms with Crippen LogP contribution in [0.4, 0.5) is 14.9 Å². The molecule has 156 valence electrons. The summed E-state index contributed by atoms with van der Waals surface area (Å²) in [5.41, 5.74) is 1.66. The molecule has 9 heteroatoms. The molecule has 3 rings (SSSR count). The molecule has 0 radical (unpaired) electrons. The molecule has 1 aromatic carbocycles. The van der Waals surface area contributed by atoms with Crippen LogP contribution in [0.1, 0.15) is 24.0 Å². The maximum atomic E-state index is 13.7. The average Bonchev–Trinajstić information content (AvgIpc) is 2.69. The van der Waals surface area contributed by atoms with Gasteiger partial charge < -0.3 is 10.2 Å². The zero-order valence-corrected chi connectivity index (χ0v) is 17.3. The number of carbonyl (C=O) groups is 1. The summed E-state index contributed by atoms with van der Waals surface area (Å²) in [6.07, 6.45) is 5.79. The van der Waals surface area contributed by atoms with Crippen molar-refractivity contribution in [3.05, 3.63) is 59.7 Å². The Hall–Kier alpha value is -2.52. The van der Waals surface area contributed by atoms with Crippen molar-refractivity contribution < 1.29 is 17.6 Å². The number of aryl methyl sites for hydroxylation is 1. The quantitative estimate of drug-likeness (QED) is 0.806. The van der Waals surface area contributed by atoms with Gasteiger partial charge in [-0.2, -0.15) is 4.31 Å². The number of piperidine rings is 1. The molecule has 1 N–H and O–H groups in total. The number of likely N-dealkylation sites (tertiary alicyclic amines) is 1. The van der Waals surface area contributed by atoms with Crippen molar-refractivity contribution in [2.45, 2.75) is 32.4 Å². The summed E-state index contributed by atoms with van der Waals surface area (Å²) in [7, 11) is -3.48. The third-order valence-electron chi connectivity index (χ3n) is 5.00. The van der Waals surface area contributed by atoms with Gasteiger partial charge in [0.2, 0.25) is 10.0 Å². The fourth-order valence-corrected chi connectivity index (χ4v) is 4.53. The van der Waals surface area contributed by atoms with E-state index in [2.05, 4.69) is 10.3 Å². The number of pyridine rings is 1. The number of nitrogens with zero attached hydrogens (tertiary/aromatic N) is 3. The molecule has 0 saturated carbocycles. The molecular formula is C20H25FN4O3S. The standard InChI is InChI=1S/C20H25FN4O3S/c1-15-7-8-17(11-19(15)21)23-20(26)24-10-4-6-18(14-24)25(29(2,27)28)13-16-5-3-9-22-12-16/h3,5,7-9,11-12,18H,4,6,10,13-14H2,1-2H3,(H,23,26). The number of benzene rings is 1. The molecule has 7 nitrogen and oxygen atoms in total. The van der Waals surface area contributed by atoms with Gasteiger partial charge in [0.15, 0.2) is 0 Å². The molecule has 1 fully saturated rings. The second-order valence-corrected chi connectivity index (χ2v) is 9.24. The Balaban J connectivity index is 1.71. The summed E-state index contributed by atoms with van der Waals surface area (Å²) in [4.78, 5) is 18.3. The summed E-state index contributed by atoms with van der Waals surface area (Å²) in [6, 6.07) is 7.40. The van der Waals surface area contributed by atoms with Crippen molar-refractivity contribution in [2.75, 3.05) is 24.7 Å². The highest BCUT2D eigenvalue weighted by atomic mass is 32.2. The van der Waals surface area contributed by atoms with Crippen LogP contribution in [0.15, 0.2) is 42.7 Å². The van der Waals surface area contributed by atoms with Crippen LogP contribution in [0, 0.1) is 12.7 Å². The lowest BCUT2D eigenvalue weighted by molar-refractivity contribution is 0.157. The van der Waals surface area contributed by atoms with Gasteiger partial charge in [-0.15, -0.1) is 0 Å². The Morgan fingerprint density at radius 3 is 2.83 bits per heavy atom. The highest BCUT2D eigenvalue weighted by Gasteiger charge is 2.32. The van der Waals surface area contributed by atoms with E-state index in [1.165, 1.54) is 16.6 Å².